The fraction of sp³-hybridized carbons (Fsp3) is 0.400. The second-order valence-electron chi connectivity index (χ2n) is 3.26. The maximum Gasteiger partial charge on any atom is 0.165 e. The lowest BCUT2D eigenvalue weighted by atomic mass is 10.1. The lowest BCUT2D eigenvalue weighted by Crippen LogP contribution is -2.12. The van der Waals surface area contributed by atoms with Gasteiger partial charge in [-0.3, -0.25) is 4.79 Å². The summed E-state index contributed by atoms with van der Waals surface area (Å²) in [5.41, 5.74) is 5.92. The highest BCUT2D eigenvalue weighted by Gasteiger charge is 2.05. The van der Waals surface area contributed by atoms with Crippen LogP contribution < -0.4 is 10.6 Å². The van der Waals surface area contributed by atoms with E-state index in [4.69, 9.17) is 5.73 Å². The van der Waals surface area contributed by atoms with Crippen LogP contribution in [0.1, 0.15) is 16.8 Å². The van der Waals surface area contributed by atoms with Crippen LogP contribution in [-0.4, -0.2) is 31.4 Å². The van der Waals surface area contributed by atoms with Gasteiger partial charge < -0.3 is 10.6 Å². The molecule has 0 atom stereocenters. The summed E-state index contributed by atoms with van der Waals surface area (Å²) in [5.74, 6) is 0.889. The third kappa shape index (κ3) is 2.53. The first kappa shape index (κ1) is 10.7. The van der Waals surface area contributed by atoms with Crippen molar-refractivity contribution in [2.45, 2.75) is 6.42 Å². The van der Waals surface area contributed by atoms with Gasteiger partial charge >= 0.3 is 0 Å². The van der Waals surface area contributed by atoms with Gasteiger partial charge in [0.05, 0.1) is 0 Å². The van der Waals surface area contributed by atoms with E-state index in [2.05, 4.69) is 4.98 Å². The average Bonchev–Trinajstić information content (AvgIpc) is 2.18. The zero-order chi connectivity index (χ0) is 10.6. The molecule has 1 aromatic rings. The van der Waals surface area contributed by atoms with Crippen LogP contribution in [0.4, 0.5) is 5.82 Å². The van der Waals surface area contributed by atoms with E-state index in [1.807, 2.05) is 25.1 Å². The van der Waals surface area contributed by atoms with Crippen molar-refractivity contribution in [3.8, 4) is 0 Å². The van der Waals surface area contributed by atoms with E-state index in [0.29, 0.717) is 18.5 Å². The lowest BCUT2D eigenvalue weighted by Gasteiger charge is -2.10. The summed E-state index contributed by atoms with van der Waals surface area (Å²) in [4.78, 5) is 17.4. The predicted octanol–water partition coefficient (Wildman–Crippen LogP) is 0.679. The van der Waals surface area contributed by atoms with Gasteiger partial charge in [0.2, 0.25) is 0 Å². The molecular weight excluding hydrogens is 178 g/mol. The Morgan fingerprint density at radius 2 is 2.21 bits per heavy atom. The molecule has 0 amide bonds. The normalized spacial score (nSPS) is 9.93. The molecule has 1 rings (SSSR count). The molecule has 0 fully saturated rings. The Labute approximate surface area is 83.7 Å². The van der Waals surface area contributed by atoms with Crippen LogP contribution in [0.15, 0.2) is 18.3 Å². The number of aromatic nitrogens is 1. The molecule has 0 aliphatic rings. The third-order valence-electron chi connectivity index (χ3n) is 1.90. The van der Waals surface area contributed by atoms with Crippen LogP contribution in [0.25, 0.3) is 0 Å². The third-order valence-corrected chi connectivity index (χ3v) is 1.90. The number of hydrogen-bond donors (Lipinski definition) is 1. The predicted molar refractivity (Wildman–Crippen MR) is 56.6 cm³/mol. The number of nitrogens with two attached hydrogens (primary N) is 1. The minimum atomic E-state index is 0.0466. The minimum absolute atomic E-state index is 0.0466. The van der Waals surface area contributed by atoms with Crippen molar-refractivity contribution in [3.05, 3.63) is 23.9 Å². The number of Topliss-reactive ketones (excluding diaryl/α,β-unsaturated/α-hetero) is 1. The monoisotopic (exact) mass is 193 g/mol. The van der Waals surface area contributed by atoms with Crippen molar-refractivity contribution in [3.63, 3.8) is 0 Å². The van der Waals surface area contributed by atoms with Crippen LogP contribution in [-0.2, 0) is 0 Å². The molecule has 0 aliphatic heterocycles. The zero-order valence-corrected chi connectivity index (χ0v) is 8.53. The summed E-state index contributed by atoms with van der Waals surface area (Å²) >= 11 is 0. The highest BCUT2D eigenvalue weighted by molar-refractivity contribution is 5.96. The largest absolute Gasteiger partial charge is 0.363 e. The molecule has 4 nitrogen and oxygen atoms in total. The lowest BCUT2D eigenvalue weighted by molar-refractivity contribution is 0.0985. The van der Waals surface area contributed by atoms with E-state index in [9.17, 15) is 4.79 Å². The number of carbonyl (C=O) groups excluding carboxylic acids is 1. The molecule has 0 aromatic carbocycles. The Bertz CT molecular complexity index is 306. The van der Waals surface area contributed by atoms with E-state index >= 15 is 0 Å². The number of anilines is 1. The topological polar surface area (TPSA) is 59.2 Å². The minimum Gasteiger partial charge on any atom is -0.363 e. The molecule has 0 radical (unpaired) electrons. The van der Waals surface area contributed by atoms with Crippen molar-refractivity contribution in [1.82, 2.24) is 4.98 Å². The molecule has 0 bridgehead atoms. The van der Waals surface area contributed by atoms with Gasteiger partial charge in [-0.25, -0.2) is 4.98 Å². The van der Waals surface area contributed by atoms with Gasteiger partial charge in [-0.2, -0.15) is 0 Å². The molecule has 1 aromatic heterocycles. The molecule has 0 unspecified atom stereocenters. The second kappa shape index (κ2) is 4.72. The summed E-state index contributed by atoms with van der Waals surface area (Å²) < 4.78 is 0. The van der Waals surface area contributed by atoms with Crippen molar-refractivity contribution in [1.29, 1.82) is 0 Å². The number of nitrogens with zero attached hydrogens (tertiary/aromatic N) is 2. The van der Waals surface area contributed by atoms with Crippen molar-refractivity contribution in [2.24, 2.45) is 5.73 Å². The quantitative estimate of drug-likeness (QED) is 0.714. The summed E-state index contributed by atoms with van der Waals surface area (Å²) in [6.07, 6.45) is 1.97. The van der Waals surface area contributed by atoms with Gasteiger partial charge in [-0.1, -0.05) is 0 Å². The molecule has 0 saturated carbocycles. The highest BCUT2D eigenvalue weighted by atomic mass is 16.1. The van der Waals surface area contributed by atoms with Crippen molar-refractivity contribution in [2.75, 3.05) is 25.5 Å². The van der Waals surface area contributed by atoms with Crippen LogP contribution in [0, 0.1) is 0 Å². The van der Waals surface area contributed by atoms with Crippen molar-refractivity contribution < 1.29 is 4.79 Å². The number of ketones is 1. The summed E-state index contributed by atoms with van der Waals surface area (Å²) in [6.45, 7) is 0.383. The fourth-order valence-corrected chi connectivity index (χ4v) is 1.09. The van der Waals surface area contributed by atoms with E-state index in [1.54, 1.807) is 12.3 Å². The van der Waals surface area contributed by atoms with Gasteiger partial charge in [0, 0.05) is 32.3 Å². The van der Waals surface area contributed by atoms with E-state index in [1.165, 1.54) is 0 Å². The van der Waals surface area contributed by atoms with Crippen molar-refractivity contribution >= 4 is 11.6 Å². The first-order valence-electron chi connectivity index (χ1n) is 4.52. The van der Waals surface area contributed by atoms with Gasteiger partial charge in [-0.15, -0.1) is 0 Å². The van der Waals surface area contributed by atoms with Gasteiger partial charge in [0.1, 0.15) is 5.82 Å². The molecular formula is C10H15N3O. The Balaban J connectivity index is 2.78. The van der Waals surface area contributed by atoms with Gasteiger partial charge in [-0.05, 0) is 18.7 Å². The second-order valence-corrected chi connectivity index (χ2v) is 3.26. The van der Waals surface area contributed by atoms with Gasteiger partial charge in [0.15, 0.2) is 5.78 Å². The first-order chi connectivity index (χ1) is 6.65. The van der Waals surface area contributed by atoms with Crippen LogP contribution >= 0.6 is 0 Å². The SMILES string of the molecule is CN(C)c1ccc(C(=O)CCN)cn1. The molecule has 0 aliphatic carbocycles. The number of pyridine rings is 1. The van der Waals surface area contributed by atoms with E-state index in [-0.39, 0.29) is 5.78 Å². The molecule has 0 spiro atoms. The maximum atomic E-state index is 11.4. The maximum absolute atomic E-state index is 11.4. The Hall–Kier alpha value is -1.42. The average molecular weight is 193 g/mol. The van der Waals surface area contributed by atoms with Gasteiger partial charge in [0.25, 0.3) is 0 Å². The van der Waals surface area contributed by atoms with Crippen LogP contribution in [0.2, 0.25) is 0 Å². The summed E-state index contributed by atoms with van der Waals surface area (Å²) in [6, 6.07) is 3.60. The highest BCUT2D eigenvalue weighted by Crippen LogP contribution is 2.08. The van der Waals surface area contributed by atoms with E-state index < -0.39 is 0 Å². The summed E-state index contributed by atoms with van der Waals surface area (Å²) in [5, 5.41) is 0. The van der Waals surface area contributed by atoms with Crippen LogP contribution in [0.5, 0.6) is 0 Å². The molecule has 1 heterocycles. The molecule has 14 heavy (non-hydrogen) atoms. The first-order valence-corrected chi connectivity index (χ1v) is 4.52. The summed E-state index contributed by atoms with van der Waals surface area (Å²) in [7, 11) is 3.81. The smallest absolute Gasteiger partial charge is 0.165 e. The fourth-order valence-electron chi connectivity index (χ4n) is 1.09. The molecule has 0 saturated heterocycles. The number of rotatable bonds is 4. The molecule has 4 heteroatoms. The Morgan fingerprint density at radius 3 is 2.64 bits per heavy atom. The van der Waals surface area contributed by atoms with Crippen LogP contribution in [0.3, 0.4) is 0 Å². The Kier molecular flexibility index (Phi) is 3.59. The zero-order valence-electron chi connectivity index (χ0n) is 8.53. The van der Waals surface area contributed by atoms with E-state index in [0.717, 1.165) is 5.82 Å². The molecule has 76 valence electrons. The number of carbonyl (C=O) groups is 1. The Morgan fingerprint density at radius 1 is 1.50 bits per heavy atom. The number of hydrogen-bond acceptors (Lipinski definition) is 4. The molecule has 2 N–H and O–H groups in total. The standard InChI is InChI=1S/C10H15N3O/c1-13(2)10-4-3-8(7-12-10)9(14)5-6-11/h3-4,7H,5-6,11H2,1-2H3.